The predicted molar refractivity (Wildman–Crippen MR) is 88.2 cm³/mol. The van der Waals surface area contributed by atoms with Crippen molar-refractivity contribution in [3.8, 4) is 0 Å². The van der Waals surface area contributed by atoms with E-state index in [0.717, 1.165) is 18.5 Å². The van der Waals surface area contributed by atoms with Crippen LogP contribution in [0.1, 0.15) is 25.8 Å². The van der Waals surface area contributed by atoms with Crippen molar-refractivity contribution in [2.45, 2.75) is 26.7 Å². The fourth-order valence-corrected chi connectivity index (χ4v) is 4.79. The molecule has 3 nitrogen and oxygen atoms in total. The van der Waals surface area contributed by atoms with E-state index in [9.17, 15) is 9.90 Å². The van der Waals surface area contributed by atoms with Gasteiger partial charge in [0.1, 0.15) is 0 Å². The Morgan fingerprint density at radius 3 is 2.64 bits per heavy atom. The third kappa shape index (κ3) is 2.53. The predicted octanol–water partition coefficient (Wildman–Crippen LogP) is 3.40. The van der Waals surface area contributed by atoms with E-state index in [0.29, 0.717) is 28.9 Å². The van der Waals surface area contributed by atoms with Crippen LogP contribution in [0.4, 0.5) is 0 Å². The number of carbonyl (C=O) groups excluding carboxylic acids is 1. The van der Waals surface area contributed by atoms with Crippen LogP contribution in [0, 0.1) is 16.7 Å². The number of halogens is 2. The number of hydrogen-bond acceptors (Lipinski definition) is 2. The molecule has 1 saturated heterocycles. The average Bonchev–Trinajstić information content (AvgIpc) is 2.78. The quantitative estimate of drug-likeness (QED) is 0.915. The van der Waals surface area contributed by atoms with Crippen LogP contribution in [0.25, 0.3) is 0 Å². The van der Waals surface area contributed by atoms with Gasteiger partial charge in [0, 0.05) is 18.5 Å². The minimum Gasteiger partial charge on any atom is -0.396 e. The molecule has 2 fully saturated rings. The molecule has 22 heavy (non-hydrogen) atoms. The van der Waals surface area contributed by atoms with Crippen LogP contribution >= 0.6 is 23.2 Å². The van der Waals surface area contributed by atoms with E-state index in [2.05, 4.69) is 13.8 Å². The van der Waals surface area contributed by atoms with Crippen LogP contribution in [-0.2, 0) is 11.2 Å². The Hall–Kier alpha value is -0.770. The molecule has 0 spiro atoms. The minimum absolute atomic E-state index is 0.0865. The molecule has 1 aliphatic carbocycles. The van der Waals surface area contributed by atoms with Crippen molar-refractivity contribution >= 4 is 29.1 Å². The standard InChI is InChI=1S/C17H21Cl2NO2/c1-16(2)8-17(10-21)9-20(7-14(16)17)15(22)6-11-3-4-12(18)13(19)5-11/h3-5,14,21H,6-10H2,1-2H3/t14-,17-/m1/s1. The van der Waals surface area contributed by atoms with Crippen molar-refractivity contribution in [1.82, 2.24) is 4.90 Å². The molecule has 1 amide bonds. The second-order valence-corrected chi connectivity index (χ2v) is 8.25. The number of fused-ring (bicyclic) bond motifs is 1. The van der Waals surface area contributed by atoms with Crippen LogP contribution in [0.5, 0.6) is 0 Å². The molecule has 1 heterocycles. The van der Waals surface area contributed by atoms with Crippen molar-refractivity contribution in [1.29, 1.82) is 0 Å². The number of likely N-dealkylation sites (tertiary alicyclic amines) is 1. The molecule has 0 unspecified atom stereocenters. The summed E-state index contributed by atoms with van der Waals surface area (Å²) < 4.78 is 0. The van der Waals surface area contributed by atoms with Crippen LogP contribution < -0.4 is 0 Å². The van der Waals surface area contributed by atoms with Gasteiger partial charge in [-0.05, 0) is 35.4 Å². The van der Waals surface area contributed by atoms with E-state index >= 15 is 0 Å². The lowest BCUT2D eigenvalue weighted by molar-refractivity contribution is -0.130. The molecule has 3 rings (SSSR count). The SMILES string of the molecule is CC1(C)C[C@]2(CO)CN(C(=O)Cc3ccc(Cl)c(Cl)c3)C[C@H]12. The number of nitrogens with zero attached hydrogens (tertiary/aromatic N) is 1. The summed E-state index contributed by atoms with van der Waals surface area (Å²) in [6.07, 6.45) is 1.31. The summed E-state index contributed by atoms with van der Waals surface area (Å²) in [6.45, 7) is 6.01. The zero-order chi connectivity index (χ0) is 16.1. The minimum atomic E-state index is -0.0865. The summed E-state index contributed by atoms with van der Waals surface area (Å²) in [5.74, 6) is 0.485. The second kappa shape index (κ2) is 5.40. The number of aliphatic hydroxyl groups is 1. The molecule has 1 N–H and O–H groups in total. The number of aliphatic hydroxyl groups excluding tert-OH is 1. The molecule has 1 aliphatic heterocycles. The van der Waals surface area contributed by atoms with Gasteiger partial charge in [-0.15, -0.1) is 0 Å². The summed E-state index contributed by atoms with van der Waals surface area (Å²) >= 11 is 11.9. The van der Waals surface area contributed by atoms with Crippen LogP contribution in [-0.4, -0.2) is 35.6 Å². The van der Waals surface area contributed by atoms with Gasteiger partial charge in [0.2, 0.25) is 5.91 Å². The number of amides is 1. The first-order valence-electron chi connectivity index (χ1n) is 7.60. The zero-order valence-corrected chi connectivity index (χ0v) is 14.4. The molecule has 1 saturated carbocycles. The first-order chi connectivity index (χ1) is 10.3. The highest BCUT2D eigenvalue weighted by molar-refractivity contribution is 6.42. The second-order valence-electron chi connectivity index (χ2n) is 7.44. The van der Waals surface area contributed by atoms with Gasteiger partial charge in [-0.25, -0.2) is 0 Å². The van der Waals surface area contributed by atoms with Crippen LogP contribution in [0.3, 0.4) is 0 Å². The highest BCUT2D eigenvalue weighted by atomic mass is 35.5. The lowest BCUT2D eigenvalue weighted by atomic mass is 9.48. The van der Waals surface area contributed by atoms with Gasteiger partial charge in [0.05, 0.1) is 23.1 Å². The third-order valence-electron chi connectivity index (χ3n) is 5.41. The van der Waals surface area contributed by atoms with Gasteiger partial charge in [-0.2, -0.15) is 0 Å². The molecule has 120 valence electrons. The highest BCUT2D eigenvalue weighted by Gasteiger charge is 2.62. The molecule has 0 radical (unpaired) electrons. The van der Waals surface area contributed by atoms with Crippen molar-refractivity contribution in [2.24, 2.45) is 16.7 Å². The van der Waals surface area contributed by atoms with Gasteiger partial charge < -0.3 is 10.0 Å². The lowest BCUT2D eigenvalue weighted by Crippen LogP contribution is -2.54. The summed E-state index contributed by atoms with van der Waals surface area (Å²) in [7, 11) is 0. The van der Waals surface area contributed by atoms with E-state index in [1.165, 1.54) is 0 Å². The van der Waals surface area contributed by atoms with Crippen molar-refractivity contribution < 1.29 is 9.90 Å². The topological polar surface area (TPSA) is 40.5 Å². The maximum atomic E-state index is 12.6. The Morgan fingerprint density at radius 1 is 1.36 bits per heavy atom. The fraction of sp³-hybridized carbons (Fsp3) is 0.588. The maximum absolute atomic E-state index is 12.6. The molecular formula is C17H21Cl2NO2. The van der Waals surface area contributed by atoms with Gasteiger partial charge in [0.15, 0.2) is 0 Å². The van der Waals surface area contributed by atoms with E-state index in [4.69, 9.17) is 23.2 Å². The van der Waals surface area contributed by atoms with E-state index in [1.807, 2.05) is 11.0 Å². The van der Waals surface area contributed by atoms with E-state index < -0.39 is 0 Å². The molecule has 1 aromatic rings. The largest absolute Gasteiger partial charge is 0.396 e. The van der Waals surface area contributed by atoms with Crippen molar-refractivity contribution in [2.75, 3.05) is 19.7 Å². The molecule has 0 aromatic heterocycles. The normalized spacial score (nSPS) is 29.1. The monoisotopic (exact) mass is 341 g/mol. The Morgan fingerprint density at radius 2 is 2.09 bits per heavy atom. The molecule has 0 bridgehead atoms. The van der Waals surface area contributed by atoms with Crippen molar-refractivity contribution in [3.63, 3.8) is 0 Å². The number of carbonyl (C=O) groups is 1. The fourth-order valence-electron chi connectivity index (χ4n) is 4.47. The van der Waals surface area contributed by atoms with Gasteiger partial charge in [-0.3, -0.25) is 4.79 Å². The number of rotatable bonds is 3. The first-order valence-corrected chi connectivity index (χ1v) is 8.36. The summed E-state index contributed by atoms with van der Waals surface area (Å²) in [5, 5.41) is 10.7. The lowest BCUT2D eigenvalue weighted by Gasteiger charge is -2.55. The maximum Gasteiger partial charge on any atom is 0.227 e. The third-order valence-corrected chi connectivity index (χ3v) is 6.14. The zero-order valence-electron chi connectivity index (χ0n) is 12.9. The number of hydrogen-bond donors (Lipinski definition) is 1. The Kier molecular flexibility index (Phi) is 3.95. The van der Waals surface area contributed by atoms with Gasteiger partial charge in [0.25, 0.3) is 0 Å². The molecule has 5 heteroatoms. The van der Waals surface area contributed by atoms with E-state index in [1.54, 1.807) is 12.1 Å². The van der Waals surface area contributed by atoms with Crippen LogP contribution in [0.15, 0.2) is 18.2 Å². The molecule has 1 aromatic carbocycles. The Balaban J connectivity index is 1.70. The summed E-state index contributed by atoms with van der Waals surface area (Å²) in [5.41, 5.74) is 0.994. The Labute approximate surface area is 141 Å². The summed E-state index contributed by atoms with van der Waals surface area (Å²) in [4.78, 5) is 14.5. The molecular weight excluding hydrogens is 321 g/mol. The molecule has 2 atom stereocenters. The molecule has 2 aliphatic rings. The van der Waals surface area contributed by atoms with Gasteiger partial charge >= 0.3 is 0 Å². The average molecular weight is 342 g/mol. The Bertz CT molecular complexity index is 617. The summed E-state index contributed by atoms with van der Waals surface area (Å²) in [6, 6.07) is 5.30. The number of benzene rings is 1. The smallest absolute Gasteiger partial charge is 0.227 e. The van der Waals surface area contributed by atoms with E-state index in [-0.39, 0.29) is 23.3 Å². The first kappa shape index (κ1) is 16.1. The van der Waals surface area contributed by atoms with Crippen LogP contribution in [0.2, 0.25) is 10.0 Å². The van der Waals surface area contributed by atoms with Crippen molar-refractivity contribution in [3.05, 3.63) is 33.8 Å². The highest BCUT2D eigenvalue weighted by Crippen LogP contribution is 2.62. The van der Waals surface area contributed by atoms with Gasteiger partial charge in [-0.1, -0.05) is 43.1 Å².